The van der Waals surface area contributed by atoms with E-state index in [0.717, 1.165) is 5.56 Å². The normalized spacial score (nSPS) is 22.0. The fourth-order valence-corrected chi connectivity index (χ4v) is 2.02. The number of hydrogen-bond donors (Lipinski definition) is 1. The standard InChI is InChI=1S/C12H16N2O2/c1-9(10-5-3-2-4-6-10)14-11(7-13)8-16-12(14)15/h2-6,9,11H,7-8,13H2,1H3. The van der Waals surface area contributed by atoms with Crippen molar-refractivity contribution in [2.24, 2.45) is 5.73 Å². The smallest absolute Gasteiger partial charge is 0.410 e. The number of nitrogens with zero attached hydrogens (tertiary/aromatic N) is 1. The minimum atomic E-state index is -0.271. The van der Waals surface area contributed by atoms with E-state index in [0.29, 0.717) is 13.2 Å². The first-order chi connectivity index (χ1) is 7.74. The second-order valence-corrected chi connectivity index (χ2v) is 3.96. The fourth-order valence-electron chi connectivity index (χ4n) is 2.02. The van der Waals surface area contributed by atoms with Crippen molar-refractivity contribution in [3.63, 3.8) is 0 Å². The van der Waals surface area contributed by atoms with Crippen molar-refractivity contribution in [2.45, 2.75) is 19.0 Å². The number of carbonyl (C=O) groups excluding carboxylic acids is 1. The molecule has 2 unspecified atom stereocenters. The van der Waals surface area contributed by atoms with E-state index in [2.05, 4.69) is 0 Å². The predicted molar refractivity (Wildman–Crippen MR) is 60.9 cm³/mol. The minimum absolute atomic E-state index is 0.00440. The molecule has 0 radical (unpaired) electrons. The van der Waals surface area contributed by atoms with Crippen molar-refractivity contribution in [2.75, 3.05) is 13.2 Å². The van der Waals surface area contributed by atoms with Crippen LogP contribution in [0.4, 0.5) is 4.79 Å². The third kappa shape index (κ3) is 1.88. The van der Waals surface area contributed by atoms with Crippen LogP contribution in [0.5, 0.6) is 0 Å². The summed E-state index contributed by atoms with van der Waals surface area (Å²) in [5, 5.41) is 0. The molecule has 1 aliphatic rings. The summed E-state index contributed by atoms with van der Waals surface area (Å²) in [7, 11) is 0. The van der Waals surface area contributed by atoms with Crippen molar-refractivity contribution >= 4 is 6.09 Å². The topological polar surface area (TPSA) is 55.6 Å². The van der Waals surface area contributed by atoms with E-state index in [1.165, 1.54) is 0 Å². The van der Waals surface area contributed by atoms with E-state index in [-0.39, 0.29) is 18.2 Å². The van der Waals surface area contributed by atoms with Crippen LogP contribution in [0.25, 0.3) is 0 Å². The van der Waals surface area contributed by atoms with Crippen molar-refractivity contribution < 1.29 is 9.53 Å². The van der Waals surface area contributed by atoms with Gasteiger partial charge in [-0.3, -0.25) is 4.90 Å². The van der Waals surface area contributed by atoms with Gasteiger partial charge in [-0.1, -0.05) is 30.3 Å². The van der Waals surface area contributed by atoms with Gasteiger partial charge >= 0.3 is 6.09 Å². The van der Waals surface area contributed by atoms with Crippen LogP contribution in [-0.2, 0) is 4.74 Å². The van der Waals surface area contributed by atoms with Crippen molar-refractivity contribution in [1.82, 2.24) is 4.90 Å². The van der Waals surface area contributed by atoms with Gasteiger partial charge in [0.05, 0.1) is 12.1 Å². The Hall–Kier alpha value is -1.55. The Morgan fingerprint density at radius 3 is 2.81 bits per heavy atom. The van der Waals surface area contributed by atoms with Crippen LogP contribution in [0.2, 0.25) is 0 Å². The van der Waals surface area contributed by atoms with Gasteiger partial charge in [0.25, 0.3) is 0 Å². The Kier molecular flexibility index (Phi) is 3.10. The molecule has 2 rings (SSSR count). The molecule has 2 atom stereocenters. The zero-order valence-corrected chi connectivity index (χ0v) is 9.30. The first kappa shape index (κ1) is 11.0. The van der Waals surface area contributed by atoms with Crippen molar-refractivity contribution in [1.29, 1.82) is 0 Å². The van der Waals surface area contributed by atoms with Crippen LogP contribution in [0.15, 0.2) is 30.3 Å². The molecule has 0 spiro atoms. The minimum Gasteiger partial charge on any atom is -0.447 e. The van der Waals surface area contributed by atoms with Crippen LogP contribution >= 0.6 is 0 Å². The number of ether oxygens (including phenoxy) is 1. The summed E-state index contributed by atoms with van der Waals surface area (Å²) in [6.07, 6.45) is -0.271. The van der Waals surface area contributed by atoms with E-state index in [1.807, 2.05) is 37.3 Å². The molecule has 0 aliphatic carbocycles. The highest BCUT2D eigenvalue weighted by atomic mass is 16.6. The number of nitrogens with two attached hydrogens (primary N) is 1. The number of hydrogen-bond acceptors (Lipinski definition) is 3. The lowest BCUT2D eigenvalue weighted by atomic mass is 10.1. The predicted octanol–water partition coefficient (Wildman–Crippen LogP) is 1.53. The van der Waals surface area contributed by atoms with Gasteiger partial charge in [0.15, 0.2) is 0 Å². The Morgan fingerprint density at radius 1 is 1.50 bits per heavy atom. The highest BCUT2D eigenvalue weighted by Crippen LogP contribution is 2.26. The van der Waals surface area contributed by atoms with Gasteiger partial charge < -0.3 is 10.5 Å². The third-order valence-corrected chi connectivity index (χ3v) is 2.97. The molecule has 1 aromatic carbocycles. The maximum atomic E-state index is 11.6. The summed E-state index contributed by atoms with van der Waals surface area (Å²) in [6, 6.07) is 9.88. The quantitative estimate of drug-likeness (QED) is 0.840. The Labute approximate surface area is 95.0 Å². The van der Waals surface area contributed by atoms with Gasteiger partial charge in [-0.05, 0) is 12.5 Å². The molecule has 1 aliphatic heterocycles. The maximum absolute atomic E-state index is 11.6. The molecule has 2 N–H and O–H groups in total. The monoisotopic (exact) mass is 220 g/mol. The van der Waals surface area contributed by atoms with Gasteiger partial charge in [-0.15, -0.1) is 0 Å². The number of cyclic esters (lactones) is 1. The summed E-state index contributed by atoms with van der Waals surface area (Å²) in [5.74, 6) is 0. The van der Waals surface area contributed by atoms with Gasteiger partial charge in [-0.25, -0.2) is 4.79 Å². The molecule has 1 aromatic rings. The molecule has 0 aromatic heterocycles. The zero-order chi connectivity index (χ0) is 11.5. The molecular weight excluding hydrogens is 204 g/mol. The van der Waals surface area contributed by atoms with Gasteiger partial charge in [0, 0.05) is 6.54 Å². The number of carbonyl (C=O) groups is 1. The van der Waals surface area contributed by atoms with E-state index >= 15 is 0 Å². The Morgan fingerprint density at radius 2 is 2.19 bits per heavy atom. The van der Waals surface area contributed by atoms with Crippen LogP contribution < -0.4 is 5.73 Å². The summed E-state index contributed by atoms with van der Waals surface area (Å²) >= 11 is 0. The average molecular weight is 220 g/mol. The summed E-state index contributed by atoms with van der Waals surface area (Å²) in [5.41, 5.74) is 6.73. The van der Waals surface area contributed by atoms with Crippen molar-refractivity contribution in [3.8, 4) is 0 Å². The molecule has 0 bridgehead atoms. The van der Waals surface area contributed by atoms with Gasteiger partial charge in [0.2, 0.25) is 0 Å². The van der Waals surface area contributed by atoms with Crippen LogP contribution in [0.3, 0.4) is 0 Å². The first-order valence-corrected chi connectivity index (χ1v) is 5.44. The summed E-state index contributed by atoms with van der Waals surface area (Å²) in [6.45, 7) is 2.82. The molecule has 86 valence electrons. The number of amides is 1. The fraction of sp³-hybridized carbons (Fsp3) is 0.417. The molecule has 0 saturated carbocycles. The highest BCUT2D eigenvalue weighted by Gasteiger charge is 2.35. The first-order valence-electron chi connectivity index (χ1n) is 5.44. The Balaban J connectivity index is 2.20. The van der Waals surface area contributed by atoms with E-state index in [1.54, 1.807) is 4.90 Å². The van der Waals surface area contributed by atoms with Crippen LogP contribution in [0, 0.1) is 0 Å². The zero-order valence-electron chi connectivity index (χ0n) is 9.30. The van der Waals surface area contributed by atoms with Gasteiger partial charge in [-0.2, -0.15) is 0 Å². The van der Waals surface area contributed by atoms with E-state index in [9.17, 15) is 4.79 Å². The summed E-state index contributed by atoms with van der Waals surface area (Å²) in [4.78, 5) is 13.3. The lowest BCUT2D eigenvalue weighted by Gasteiger charge is -2.27. The van der Waals surface area contributed by atoms with Gasteiger partial charge in [0.1, 0.15) is 6.61 Å². The summed E-state index contributed by atoms with van der Waals surface area (Å²) < 4.78 is 5.02. The maximum Gasteiger partial charge on any atom is 0.410 e. The third-order valence-electron chi connectivity index (χ3n) is 2.97. The molecule has 16 heavy (non-hydrogen) atoms. The van der Waals surface area contributed by atoms with Crippen LogP contribution in [0.1, 0.15) is 18.5 Å². The molecule has 4 heteroatoms. The number of benzene rings is 1. The SMILES string of the molecule is CC(c1ccccc1)N1C(=O)OCC1CN. The van der Waals surface area contributed by atoms with Crippen LogP contribution in [-0.4, -0.2) is 30.2 Å². The van der Waals surface area contributed by atoms with Crippen molar-refractivity contribution in [3.05, 3.63) is 35.9 Å². The number of rotatable bonds is 3. The second-order valence-electron chi connectivity index (χ2n) is 3.96. The molecule has 1 saturated heterocycles. The lowest BCUT2D eigenvalue weighted by Crippen LogP contribution is -2.40. The molecular formula is C12H16N2O2. The highest BCUT2D eigenvalue weighted by molar-refractivity contribution is 5.70. The second kappa shape index (κ2) is 4.53. The molecule has 1 amide bonds. The molecule has 1 fully saturated rings. The molecule has 1 heterocycles. The van der Waals surface area contributed by atoms with E-state index in [4.69, 9.17) is 10.5 Å². The molecule has 4 nitrogen and oxygen atoms in total. The van der Waals surface area contributed by atoms with E-state index < -0.39 is 0 Å². The Bertz CT molecular complexity index is 367. The average Bonchev–Trinajstić information content (AvgIpc) is 2.70. The lowest BCUT2D eigenvalue weighted by molar-refractivity contribution is 0.147. The largest absolute Gasteiger partial charge is 0.447 e.